The Morgan fingerprint density at radius 3 is 0.975 bits per heavy atom. The summed E-state index contributed by atoms with van der Waals surface area (Å²) < 4.78 is 26.5. The SMILES string of the molecule is N#Cc1ccc(-c2ccccc2-c2ccccc2-n2c3ccccc3c3c4oc5ccccc5c4ccc32)nc1.N#Cc1cccc(-c2ccccc2-c2ccccc2-n2c3ccccc3c3c4oc5ccccc5c4ccc32)n1.N#Cc1ccnc(-c2ccccc2-c2ccccc2-n2c3ccccc3c3c4oc5ccccc5c4ccc32)c1. The lowest BCUT2D eigenvalue weighted by atomic mass is 9.95. The third-order valence-electron chi connectivity index (χ3n) is 23.1. The van der Waals surface area contributed by atoms with Gasteiger partial charge in [0.05, 0.1) is 101 Å². The van der Waals surface area contributed by atoms with Crippen molar-refractivity contribution in [3.63, 3.8) is 0 Å². The van der Waals surface area contributed by atoms with Crippen molar-refractivity contribution >= 4 is 131 Å². The summed E-state index contributed by atoms with van der Waals surface area (Å²) in [6, 6.07) is 133. The molecule has 24 aromatic rings. The fourth-order valence-corrected chi connectivity index (χ4v) is 17.9. The number of furan rings is 3. The zero-order chi connectivity index (χ0) is 79.9. The molecule has 12 heteroatoms. The maximum Gasteiger partial charge on any atom is 0.145 e. The van der Waals surface area contributed by atoms with E-state index >= 15 is 0 Å². The molecule has 0 aliphatic heterocycles. The smallest absolute Gasteiger partial charge is 0.145 e. The van der Waals surface area contributed by atoms with E-state index in [0.29, 0.717) is 16.8 Å². The van der Waals surface area contributed by atoms with E-state index in [0.717, 1.165) is 215 Å². The summed E-state index contributed by atoms with van der Waals surface area (Å²) in [6.45, 7) is 0. The molecule has 15 aromatic carbocycles. The van der Waals surface area contributed by atoms with E-state index in [4.69, 9.17) is 13.3 Å². The Balaban J connectivity index is 0.000000108. The van der Waals surface area contributed by atoms with Crippen LogP contribution in [0.15, 0.2) is 396 Å². The molecule has 9 heterocycles. The van der Waals surface area contributed by atoms with Crippen LogP contribution in [0.25, 0.3) is 215 Å². The molecular weight excluding hydrogens is 1470 g/mol. The van der Waals surface area contributed by atoms with Crippen LogP contribution in [0.2, 0.25) is 0 Å². The predicted octanol–water partition coefficient (Wildman–Crippen LogP) is 27.9. The van der Waals surface area contributed by atoms with Crippen molar-refractivity contribution < 1.29 is 13.3 Å². The minimum absolute atomic E-state index is 0.401. The van der Waals surface area contributed by atoms with Gasteiger partial charge in [-0.3, -0.25) is 9.97 Å². The maximum atomic E-state index is 9.50. The Morgan fingerprint density at radius 2 is 0.583 bits per heavy atom. The molecule has 0 spiro atoms. The van der Waals surface area contributed by atoms with E-state index in [2.05, 4.69) is 308 Å². The molecule has 0 aliphatic carbocycles. The summed E-state index contributed by atoms with van der Waals surface area (Å²) in [4.78, 5) is 13.8. The van der Waals surface area contributed by atoms with E-state index in [1.165, 1.54) is 0 Å². The number of nitrogens with zero attached hydrogens (tertiary/aromatic N) is 9. The highest BCUT2D eigenvalue weighted by atomic mass is 16.3. The van der Waals surface area contributed by atoms with Gasteiger partial charge < -0.3 is 27.0 Å². The van der Waals surface area contributed by atoms with Gasteiger partial charge in [0.15, 0.2) is 0 Å². The molecule has 0 saturated heterocycles. The number of aromatic nitrogens is 6. The molecule has 120 heavy (non-hydrogen) atoms. The zero-order valence-electron chi connectivity index (χ0n) is 64.1. The molecule has 0 aliphatic rings. The van der Waals surface area contributed by atoms with Crippen molar-refractivity contribution in [3.8, 4) is 102 Å². The van der Waals surface area contributed by atoms with Gasteiger partial charge in [0.1, 0.15) is 51.3 Å². The number of hydrogen-bond acceptors (Lipinski definition) is 9. The molecule has 0 saturated carbocycles. The number of para-hydroxylation sites is 9. The second-order valence-electron chi connectivity index (χ2n) is 29.7. The largest absolute Gasteiger partial charge is 0.455 e. The van der Waals surface area contributed by atoms with Crippen LogP contribution < -0.4 is 0 Å². The van der Waals surface area contributed by atoms with Gasteiger partial charge in [-0.15, -0.1) is 0 Å². The monoisotopic (exact) mass is 1530 g/mol. The number of hydrogen-bond donors (Lipinski definition) is 0. The highest BCUT2D eigenvalue weighted by molar-refractivity contribution is 6.27. The minimum Gasteiger partial charge on any atom is -0.455 e. The predicted molar refractivity (Wildman–Crippen MR) is 484 cm³/mol. The number of rotatable bonds is 9. The number of pyridine rings is 3. The van der Waals surface area contributed by atoms with Crippen molar-refractivity contribution in [2.24, 2.45) is 0 Å². The topological polar surface area (TPSA) is 164 Å². The second-order valence-corrected chi connectivity index (χ2v) is 29.7. The molecular formula is C108H63N9O3. The first-order valence-electron chi connectivity index (χ1n) is 39.6. The molecule has 12 nitrogen and oxygen atoms in total. The third kappa shape index (κ3) is 11.4. The van der Waals surface area contributed by atoms with E-state index in [1.807, 2.05) is 97.1 Å². The van der Waals surface area contributed by atoms with Crippen molar-refractivity contribution in [2.75, 3.05) is 0 Å². The Morgan fingerprint density at radius 1 is 0.233 bits per heavy atom. The standard InChI is InChI=1S/3C36H21N3O/c37-22-23-10-9-16-30(38-23)25-12-2-1-11-24(25)26-13-3-6-17-31(26)39-32-18-7-4-15-29(32)35-33(39)21-20-28-27-14-5-8-19-34(27)40-36(28)35;37-21-23-17-19-30(38-22-23)25-10-2-1-9-24(25)26-11-3-6-14-31(26)39-32-15-7-4-13-29(32)35-33(39)20-18-28-27-12-5-8-16-34(27)40-36(28)35;37-22-23-19-20-38-30(21-23)25-10-2-1-9-24(25)26-11-3-6-14-31(26)39-32-15-7-4-13-29(32)35-33(39)18-17-28-27-12-5-8-16-34(27)40-36(28)35/h1-21H;1-20,22H;1-21H. The number of nitriles is 3. The van der Waals surface area contributed by atoms with Crippen molar-refractivity contribution in [1.82, 2.24) is 28.7 Å². The summed E-state index contributed by atoms with van der Waals surface area (Å²) in [7, 11) is 0. The first-order valence-corrected chi connectivity index (χ1v) is 39.6. The van der Waals surface area contributed by atoms with Crippen LogP contribution in [0, 0.1) is 34.0 Å². The first kappa shape index (κ1) is 69.7. The van der Waals surface area contributed by atoms with Crippen LogP contribution in [0.1, 0.15) is 16.8 Å². The molecule has 0 unspecified atom stereocenters. The summed E-state index contributed by atoms with van der Waals surface area (Å²) in [5.74, 6) is 0. The van der Waals surface area contributed by atoms with Crippen LogP contribution in [0.3, 0.4) is 0 Å². The fourth-order valence-electron chi connectivity index (χ4n) is 17.9. The van der Waals surface area contributed by atoms with Crippen molar-refractivity contribution in [2.45, 2.75) is 0 Å². The van der Waals surface area contributed by atoms with Crippen LogP contribution >= 0.6 is 0 Å². The van der Waals surface area contributed by atoms with Gasteiger partial charge in [0.2, 0.25) is 0 Å². The van der Waals surface area contributed by atoms with E-state index < -0.39 is 0 Å². The van der Waals surface area contributed by atoms with E-state index in [1.54, 1.807) is 24.5 Å². The van der Waals surface area contributed by atoms with Gasteiger partial charge in [-0.1, -0.05) is 243 Å². The fraction of sp³-hybridized carbons (Fsp3) is 0. The Bertz CT molecular complexity index is 8110. The third-order valence-corrected chi connectivity index (χ3v) is 23.1. The first-order chi connectivity index (χ1) is 59.4. The van der Waals surface area contributed by atoms with Crippen molar-refractivity contribution in [1.29, 1.82) is 15.8 Å². The molecule has 24 rings (SSSR count). The quantitative estimate of drug-likeness (QED) is 0.137. The molecule has 9 aromatic heterocycles. The number of benzene rings is 15. The second kappa shape index (κ2) is 28.8. The number of fused-ring (bicyclic) bond motifs is 21. The molecule has 0 atom stereocenters. The van der Waals surface area contributed by atoms with Crippen molar-refractivity contribution in [3.05, 3.63) is 399 Å². The van der Waals surface area contributed by atoms with Gasteiger partial charge in [-0.2, -0.15) is 15.8 Å². The van der Waals surface area contributed by atoms with Gasteiger partial charge >= 0.3 is 0 Å². The summed E-state index contributed by atoms with van der Waals surface area (Å²) in [5.41, 5.74) is 28.5. The average molecular weight is 1530 g/mol. The molecule has 0 radical (unpaired) electrons. The van der Waals surface area contributed by atoms with Crippen LogP contribution in [-0.2, 0) is 0 Å². The minimum atomic E-state index is 0.401. The van der Waals surface area contributed by atoms with Gasteiger partial charge in [0.25, 0.3) is 0 Å². The van der Waals surface area contributed by atoms with Gasteiger partial charge in [-0.25, -0.2) is 4.98 Å². The van der Waals surface area contributed by atoms with Crippen LogP contribution in [-0.4, -0.2) is 28.7 Å². The molecule has 0 fully saturated rings. The Labute approximate surface area is 686 Å². The summed E-state index contributed by atoms with van der Waals surface area (Å²) in [6.07, 6.45) is 3.33. The normalized spacial score (nSPS) is 11.5. The lowest BCUT2D eigenvalue weighted by Crippen LogP contribution is -1.98. The van der Waals surface area contributed by atoms with Gasteiger partial charge in [0, 0.05) is 94.3 Å². The van der Waals surface area contributed by atoms with Crippen LogP contribution in [0.5, 0.6) is 0 Å². The molecule has 0 bridgehead atoms. The Hall–Kier alpha value is -17.0. The zero-order valence-corrected chi connectivity index (χ0v) is 64.1. The Kier molecular flexibility index (Phi) is 16.8. The van der Waals surface area contributed by atoms with E-state index in [-0.39, 0.29) is 0 Å². The van der Waals surface area contributed by atoms with Crippen LogP contribution in [0.4, 0.5) is 0 Å². The lowest BCUT2D eigenvalue weighted by molar-refractivity contribution is 0.672. The highest BCUT2D eigenvalue weighted by Gasteiger charge is 2.26. The maximum absolute atomic E-state index is 9.50. The highest BCUT2D eigenvalue weighted by Crippen LogP contribution is 2.48. The summed E-state index contributed by atoms with van der Waals surface area (Å²) in [5, 5.41) is 41.7. The average Bonchev–Trinajstić information content (AvgIpc) is 1.57. The molecule has 0 amide bonds. The molecule has 0 N–H and O–H groups in total. The van der Waals surface area contributed by atoms with E-state index in [9.17, 15) is 15.8 Å². The van der Waals surface area contributed by atoms with Gasteiger partial charge in [-0.05, 0) is 144 Å². The molecule has 558 valence electrons. The lowest BCUT2D eigenvalue weighted by Gasteiger charge is -2.16. The summed E-state index contributed by atoms with van der Waals surface area (Å²) >= 11 is 0.